The summed E-state index contributed by atoms with van der Waals surface area (Å²) in [6.07, 6.45) is 4.24. The van der Waals surface area contributed by atoms with Crippen LogP contribution in [0.3, 0.4) is 0 Å². The van der Waals surface area contributed by atoms with E-state index in [4.69, 9.17) is 10.5 Å². The average molecular weight is 486 g/mol. The van der Waals surface area contributed by atoms with Gasteiger partial charge in [0.1, 0.15) is 5.60 Å². The van der Waals surface area contributed by atoms with Gasteiger partial charge >= 0.3 is 6.09 Å². The molecule has 3 N–H and O–H groups in total. The zero-order chi connectivity index (χ0) is 18.7. The molecule has 1 fully saturated rings. The van der Waals surface area contributed by atoms with Gasteiger partial charge in [0.25, 0.3) is 0 Å². The van der Waals surface area contributed by atoms with Crippen LogP contribution in [0.5, 0.6) is 0 Å². The summed E-state index contributed by atoms with van der Waals surface area (Å²) in [4.78, 5) is 18.3. The Morgan fingerprint density at radius 1 is 1.33 bits per heavy atom. The maximum absolute atomic E-state index is 12.1. The molecule has 1 aliphatic carbocycles. The van der Waals surface area contributed by atoms with Crippen molar-refractivity contribution in [2.24, 2.45) is 16.6 Å². The summed E-state index contributed by atoms with van der Waals surface area (Å²) in [7, 11) is 0. The van der Waals surface area contributed by atoms with Crippen molar-refractivity contribution >= 4 is 41.7 Å². The van der Waals surface area contributed by atoms with E-state index in [9.17, 15) is 4.79 Å². The number of hydrogen-bond donors (Lipinski definition) is 2. The van der Waals surface area contributed by atoms with Gasteiger partial charge in [-0.15, -0.1) is 24.0 Å². The first-order chi connectivity index (χ1) is 12.3. The van der Waals surface area contributed by atoms with Crippen molar-refractivity contribution in [2.75, 3.05) is 25.0 Å². The summed E-state index contributed by atoms with van der Waals surface area (Å²) in [5, 5.41) is 3.18. The Bertz CT molecular complexity index is 700. The molecule has 1 amide bonds. The molecule has 0 spiro atoms. The van der Waals surface area contributed by atoms with Crippen LogP contribution in [0.2, 0.25) is 0 Å². The fraction of sp³-hybridized carbons (Fsp3) is 0.600. The number of nitrogens with zero attached hydrogens (tertiary/aromatic N) is 2. The van der Waals surface area contributed by atoms with E-state index in [1.807, 2.05) is 20.8 Å². The number of benzene rings is 1. The van der Waals surface area contributed by atoms with Crippen LogP contribution in [0.15, 0.2) is 23.2 Å². The van der Waals surface area contributed by atoms with Gasteiger partial charge in [-0.25, -0.2) is 4.79 Å². The van der Waals surface area contributed by atoms with Crippen LogP contribution in [0, 0.1) is 5.92 Å². The number of hydrogen-bond acceptors (Lipinski definition) is 3. The predicted octanol–water partition coefficient (Wildman–Crippen LogP) is 3.78. The molecule has 1 unspecified atom stereocenters. The van der Waals surface area contributed by atoms with Gasteiger partial charge in [-0.05, 0) is 75.6 Å². The topological polar surface area (TPSA) is 80.0 Å². The quantitative estimate of drug-likeness (QED) is 0.387. The van der Waals surface area contributed by atoms with E-state index >= 15 is 0 Å². The maximum Gasteiger partial charge on any atom is 0.410 e. The molecule has 1 aromatic rings. The summed E-state index contributed by atoms with van der Waals surface area (Å²) in [5.41, 5.74) is 9.43. The lowest BCUT2D eigenvalue weighted by Gasteiger charge is -2.24. The van der Waals surface area contributed by atoms with Crippen LogP contribution in [-0.4, -0.2) is 42.2 Å². The third-order valence-corrected chi connectivity index (χ3v) is 4.83. The van der Waals surface area contributed by atoms with Crippen molar-refractivity contribution in [1.29, 1.82) is 0 Å². The molecule has 7 heteroatoms. The summed E-state index contributed by atoms with van der Waals surface area (Å²) in [6, 6.07) is 6.41. The van der Waals surface area contributed by atoms with E-state index in [1.165, 1.54) is 24.0 Å². The van der Waals surface area contributed by atoms with Gasteiger partial charge in [-0.2, -0.15) is 0 Å². The smallest absolute Gasteiger partial charge is 0.410 e. The summed E-state index contributed by atoms with van der Waals surface area (Å²) in [5.74, 6) is 0.751. The van der Waals surface area contributed by atoms with Crippen molar-refractivity contribution < 1.29 is 9.53 Å². The van der Waals surface area contributed by atoms with Crippen LogP contribution < -0.4 is 11.1 Å². The number of halogens is 1. The number of rotatable bonds is 3. The van der Waals surface area contributed by atoms with E-state index in [-0.39, 0.29) is 30.1 Å². The summed E-state index contributed by atoms with van der Waals surface area (Å²) in [6.45, 7) is 7.65. The normalized spacial score (nSPS) is 19.4. The molecule has 0 radical (unpaired) electrons. The molecule has 3 rings (SSSR count). The van der Waals surface area contributed by atoms with Crippen molar-refractivity contribution in [2.45, 2.75) is 52.1 Å². The molecule has 2 aliphatic rings. The fourth-order valence-electron chi connectivity index (χ4n) is 3.54. The van der Waals surface area contributed by atoms with Crippen LogP contribution >= 0.6 is 24.0 Å². The number of carbonyl (C=O) groups excluding carboxylic acids is 1. The van der Waals surface area contributed by atoms with E-state index in [0.29, 0.717) is 31.5 Å². The largest absolute Gasteiger partial charge is 0.444 e. The van der Waals surface area contributed by atoms with Gasteiger partial charge in [-0.1, -0.05) is 6.07 Å². The number of likely N-dealkylation sites (tertiary alicyclic amines) is 1. The third kappa shape index (κ3) is 6.26. The van der Waals surface area contributed by atoms with Gasteiger partial charge in [0, 0.05) is 25.3 Å². The monoisotopic (exact) mass is 486 g/mol. The van der Waals surface area contributed by atoms with Crippen LogP contribution in [0.4, 0.5) is 10.5 Å². The average Bonchev–Trinajstić information content (AvgIpc) is 3.20. The fourth-order valence-corrected chi connectivity index (χ4v) is 3.54. The van der Waals surface area contributed by atoms with Crippen LogP contribution in [0.25, 0.3) is 0 Å². The Hall–Kier alpha value is -1.51. The number of nitrogens with two attached hydrogens (primary N) is 1. The molecule has 0 saturated carbocycles. The second kappa shape index (κ2) is 9.12. The first-order valence-corrected chi connectivity index (χ1v) is 9.47. The Kier molecular flexibility index (Phi) is 7.36. The number of aryl methyl sites for hydroxylation is 2. The number of ether oxygens (including phenoxy) is 1. The van der Waals surface area contributed by atoms with Crippen LogP contribution in [-0.2, 0) is 17.6 Å². The molecule has 1 aromatic carbocycles. The van der Waals surface area contributed by atoms with Crippen molar-refractivity contribution in [1.82, 2.24) is 4.90 Å². The van der Waals surface area contributed by atoms with Gasteiger partial charge in [0.2, 0.25) is 0 Å². The third-order valence-electron chi connectivity index (χ3n) is 4.83. The Morgan fingerprint density at radius 2 is 2.07 bits per heavy atom. The van der Waals surface area contributed by atoms with Crippen molar-refractivity contribution in [3.8, 4) is 0 Å². The highest BCUT2D eigenvalue weighted by Gasteiger charge is 2.29. The standard InChI is InChI=1S/C20H30N4O2.HI/c1-20(2,3)26-19(25)24-10-9-14(13-24)12-22-18(21)23-17-8-7-15-5-4-6-16(15)11-17;/h7-8,11,14H,4-6,9-10,12-13H2,1-3H3,(H3,21,22,23);1H. The van der Waals surface area contributed by atoms with Gasteiger partial charge in [-0.3, -0.25) is 4.99 Å². The van der Waals surface area contributed by atoms with Crippen molar-refractivity contribution in [3.63, 3.8) is 0 Å². The van der Waals surface area contributed by atoms with E-state index in [0.717, 1.165) is 18.5 Å². The minimum atomic E-state index is -0.461. The Labute approximate surface area is 178 Å². The molecule has 0 aromatic heterocycles. The second-order valence-corrected chi connectivity index (χ2v) is 8.27. The first kappa shape index (κ1) is 21.8. The Balaban J connectivity index is 0.00000261. The van der Waals surface area contributed by atoms with Crippen LogP contribution in [0.1, 0.15) is 44.7 Å². The number of nitrogens with one attached hydrogen (secondary N) is 1. The van der Waals surface area contributed by atoms with E-state index in [1.54, 1.807) is 4.90 Å². The second-order valence-electron chi connectivity index (χ2n) is 8.27. The number of carbonyl (C=O) groups is 1. The lowest BCUT2D eigenvalue weighted by molar-refractivity contribution is 0.0289. The summed E-state index contributed by atoms with van der Waals surface area (Å²) < 4.78 is 5.43. The summed E-state index contributed by atoms with van der Waals surface area (Å²) >= 11 is 0. The van der Waals surface area contributed by atoms with E-state index < -0.39 is 5.60 Å². The number of fused-ring (bicyclic) bond motifs is 1. The highest BCUT2D eigenvalue weighted by Crippen LogP contribution is 2.25. The van der Waals surface area contributed by atoms with Gasteiger partial charge < -0.3 is 20.7 Å². The molecule has 0 bridgehead atoms. The number of guanidine groups is 1. The van der Waals surface area contributed by atoms with Gasteiger partial charge in [0.05, 0.1) is 0 Å². The zero-order valence-electron chi connectivity index (χ0n) is 16.5. The lowest BCUT2D eigenvalue weighted by Crippen LogP contribution is -2.35. The lowest BCUT2D eigenvalue weighted by atomic mass is 10.1. The molecular weight excluding hydrogens is 455 g/mol. The zero-order valence-corrected chi connectivity index (χ0v) is 18.8. The SMILES string of the molecule is CC(C)(C)OC(=O)N1CCC(CN=C(N)Nc2ccc3c(c2)CCC3)C1.I. The molecule has 150 valence electrons. The molecule has 1 heterocycles. The minimum absolute atomic E-state index is 0. The predicted molar refractivity (Wildman–Crippen MR) is 120 cm³/mol. The number of anilines is 1. The van der Waals surface area contributed by atoms with Crippen molar-refractivity contribution in [3.05, 3.63) is 29.3 Å². The molecule has 1 atom stereocenters. The Morgan fingerprint density at radius 3 is 2.81 bits per heavy atom. The molecule has 27 heavy (non-hydrogen) atoms. The highest BCUT2D eigenvalue weighted by molar-refractivity contribution is 14.0. The molecule has 1 aliphatic heterocycles. The number of aliphatic imine (C=N–C) groups is 1. The highest BCUT2D eigenvalue weighted by atomic mass is 127. The molecular formula is C20H31IN4O2. The van der Waals surface area contributed by atoms with Gasteiger partial charge in [0.15, 0.2) is 5.96 Å². The minimum Gasteiger partial charge on any atom is -0.444 e. The number of amides is 1. The molecule has 1 saturated heterocycles. The molecule has 6 nitrogen and oxygen atoms in total. The maximum atomic E-state index is 12.1. The first-order valence-electron chi connectivity index (χ1n) is 9.47. The van der Waals surface area contributed by atoms with E-state index in [2.05, 4.69) is 28.5 Å².